The maximum Gasteiger partial charge on any atom is 0.475 e. The summed E-state index contributed by atoms with van der Waals surface area (Å²) in [7, 11) is -3.91. The maximum atomic E-state index is 13.0. The first-order valence-electron chi connectivity index (χ1n) is 10.9. The number of alkyl halides is 1. The van der Waals surface area contributed by atoms with Crippen LogP contribution < -0.4 is 5.69 Å². The van der Waals surface area contributed by atoms with E-state index in [1.165, 1.54) is 4.57 Å². The van der Waals surface area contributed by atoms with Crippen LogP contribution in [0.4, 0.5) is 0 Å². The number of aromatic nitrogens is 2. The molecule has 12 heteroatoms. The van der Waals surface area contributed by atoms with Gasteiger partial charge in [0.2, 0.25) is 0 Å². The van der Waals surface area contributed by atoms with Gasteiger partial charge in [0.05, 0.1) is 13.2 Å². The first kappa shape index (κ1) is 23.9. The van der Waals surface area contributed by atoms with Crippen LogP contribution in [-0.4, -0.2) is 51.9 Å². The molecular weight excluding hydrogens is 463 g/mol. The molecule has 32 heavy (non-hydrogen) atoms. The van der Waals surface area contributed by atoms with Crippen molar-refractivity contribution in [3.05, 3.63) is 28.4 Å². The van der Waals surface area contributed by atoms with Crippen LogP contribution in [0.5, 0.6) is 0 Å². The van der Waals surface area contributed by atoms with Crippen molar-refractivity contribution in [3.8, 4) is 0 Å². The fourth-order valence-electron chi connectivity index (χ4n) is 4.23. The molecule has 0 aromatic carbocycles. The molecule has 1 aromatic rings. The van der Waals surface area contributed by atoms with Gasteiger partial charge in [0, 0.05) is 18.3 Å². The molecule has 1 aliphatic carbocycles. The van der Waals surface area contributed by atoms with Gasteiger partial charge >= 0.3 is 19.5 Å². The highest BCUT2D eigenvalue weighted by Gasteiger charge is 2.60. The third-order valence-electron chi connectivity index (χ3n) is 5.92. The van der Waals surface area contributed by atoms with Crippen LogP contribution in [0.1, 0.15) is 57.4 Å². The van der Waals surface area contributed by atoms with E-state index >= 15 is 0 Å². The van der Waals surface area contributed by atoms with E-state index in [-0.39, 0.29) is 31.7 Å². The Balaban J connectivity index is 1.32. The van der Waals surface area contributed by atoms with Crippen molar-refractivity contribution in [1.29, 1.82) is 0 Å². The van der Waals surface area contributed by atoms with Crippen LogP contribution >= 0.6 is 19.4 Å². The lowest BCUT2D eigenvalue weighted by Crippen LogP contribution is -2.45. The summed E-state index contributed by atoms with van der Waals surface area (Å²) in [6.45, 7) is 3.28. The molecule has 3 fully saturated rings. The normalized spacial score (nSPS) is 35.0. The van der Waals surface area contributed by atoms with Crippen molar-refractivity contribution in [2.24, 2.45) is 0 Å². The van der Waals surface area contributed by atoms with Crippen molar-refractivity contribution in [2.75, 3.05) is 13.2 Å². The average molecular weight is 491 g/mol. The number of esters is 1. The fraction of sp³-hybridized carbons (Fsp3) is 0.750. The van der Waals surface area contributed by atoms with E-state index in [4.69, 9.17) is 34.6 Å². The molecule has 0 spiro atoms. The van der Waals surface area contributed by atoms with Crippen LogP contribution in [0.2, 0.25) is 0 Å². The van der Waals surface area contributed by atoms with E-state index in [1.54, 1.807) is 26.1 Å². The molecule has 2 saturated heterocycles. The summed E-state index contributed by atoms with van der Waals surface area (Å²) in [6, 6.07) is 1.67. The number of ether oxygens (including phenoxy) is 2. The first-order chi connectivity index (χ1) is 15.2. The van der Waals surface area contributed by atoms with Crippen LogP contribution in [0, 0.1) is 6.92 Å². The Morgan fingerprint density at radius 2 is 2.16 bits per heavy atom. The van der Waals surface area contributed by atoms with Crippen molar-refractivity contribution in [2.45, 2.75) is 81.8 Å². The summed E-state index contributed by atoms with van der Waals surface area (Å²) >= 11 is 6.73. The molecule has 10 nitrogen and oxygen atoms in total. The van der Waals surface area contributed by atoms with E-state index in [0.717, 1.165) is 25.7 Å². The third kappa shape index (κ3) is 5.11. The highest BCUT2D eigenvalue weighted by atomic mass is 35.5. The van der Waals surface area contributed by atoms with Gasteiger partial charge in [-0.2, -0.15) is 4.98 Å². The molecule has 3 heterocycles. The summed E-state index contributed by atoms with van der Waals surface area (Å²) in [5, 5.41) is 0. The second kappa shape index (κ2) is 9.52. The summed E-state index contributed by atoms with van der Waals surface area (Å²) in [5.41, 5.74) is 0.0629. The van der Waals surface area contributed by atoms with Gasteiger partial charge in [0.25, 0.3) is 0 Å². The molecule has 0 bridgehead atoms. The number of carbonyl (C=O) groups excluding carboxylic acids is 1. The van der Waals surface area contributed by atoms with E-state index in [2.05, 4.69) is 4.98 Å². The van der Waals surface area contributed by atoms with Gasteiger partial charge in [0.1, 0.15) is 23.2 Å². The van der Waals surface area contributed by atoms with Gasteiger partial charge in [-0.05, 0) is 52.0 Å². The molecule has 1 aromatic heterocycles. The average Bonchev–Trinajstić information content (AvgIpc) is 3.32. The number of aryl methyl sites for hydroxylation is 1. The van der Waals surface area contributed by atoms with Crippen LogP contribution in [0.3, 0.4) is 0 Å². The number of fused-ring (bicyclic) bond motifs is 1. The number of rotatable bonds is 7. The minimum absolute atomic E-state index is 0.000935. The molecule has 1 saturated carbocycles. The third-order valence-corrected chi connectivity index (χ3v) is 7.77. The number of halogens is 1. The fourth-order valence-corrected chi connectivity index (χ4v) is 6.15. The van der Waals surface area contributed by atoms with Gasteiger partial charge in [-0.1, -0.05) is 0 Å². The second-order valence-electron chi connectivity index (χ2n) is 8.54. The van der Waals surface area contributed by atoms with Gasteiger partial charge in [0.15, 0.2) is 6.23 Å². The lowest BCUT2D eigenvalue weighted by molar-refractivity contribution is -0.149. The van der Waals surface area contributed by atoms with Gasteiger partial charge in [-0.3, -0.25) is 22.9 Å². The maximum absolute atomic E-state index is 13.0. The van der Waals surface area contributed by atoms with Crippen molar-refractivity contribution >= 4 is 25.4 Å². The molecule has 5 atom stereocenters. The van der Waals surface area contributed by atoms with Crippen molar-refractivity contribution in [3.63, 3.8) is 0 Å². The Labute approximate surface area is 191 Å². The molecule has 0 N–H and O–H groups in total. The summed E-state index contributed by atoms with van der Waals surface area (Å²) in [4.78, 5) is 26.9. The van der Waals surface area contributed by atoms with Crippen molar-refractivity contribution in [1.82, 2.24) is 9.55 Å². The Hall–Kier alpha value is -1.29. The largest absolute Gasteiger partial charge is 0.475 e. The molecule has 4 rings (SSSR count). The molecule has 178 valence electrons. The Morgan fingerprint density at radius 1 is 1.41 bits per heavy atom. The minimum atomic E-state index is -3.91. The molecule has 0 amide bonds. The predicted octanol–water partition coefficient (Wildman–Crippen LogP) is 3.25. The van der Waals surface area contributed by atoms with Gasteiger partial charge in [-0.25, -0.2) is 9.36 Å². The lowest BCUT2D eigenvalue weighted by Gasteiger charge is -2.34. The number of hydrogen-bond acceptors (Lipinski definition) is 9. The molecule has 3 aliphatic rings. The summed E-state index contributed by atoms with van der Waals surface area (Å²) < 4.78 is 41.9. The Kier molecular flexibility index (Phi) is 7.10. The van der Waals surface area contributed by atoms with Crippen molar-refractivity contribution < 1.29 is 32.4 Å². The topological polar surface area (TPSA) is 115 Å². The summed E-state index contributed by atoms with van der Waals surface area (Å²) in [6.07, 6.45) is 3.66. The van der Waals surface area contributed by atoms with E-state index < -0.39 is 36.8 Å². The van der Waals surface area contributed by atoms with E-state index in [0.29, 0.717) is 12.1 Å². The predicted molar refractivity (Wildman–Crippen MR) is 113 cm³/mol. The zero-order valence-corrected chi connectivity index (χ0v) is 19.8. The molecule has 0 radical (unpaired) electrons. The van der Waals surface area contributed by atoms with Crippen LogP contribution in [-0.2, 0) is 32.4 Å². The zero-order valence-electron chi connectivity index (χ0n) is 18.1. The second-order valence-corrected chi connectivity index (χ2v) is 11.0. The summed E-state index contributed by atoms with van der Waals surface area (Å²) in [5.74, 6) is -0.290. The quantitative estimate of drug-likeness (QED) is 0.246. The van der Waals surface area contributed by atoms with Gasteiger partial charge in [-0.15, -0.1) is 11.6 Å². The highest BCUT2D eigenvalue weighted by molar-refractivity contribution is 7.48. The SMILES string of the molecule is Cc1ccn([C@@H]2O[C@@H]3CO[P@@](=O)(OCCCC(=O)OC4CCCC4)O[C@H]3[C@@]2(C)Cl)c(=O)n1. The number of phosphoric ester groups is 1. The zero-order chi connectivity index (χ0) is 22.9. The number of carbonyl (C=O) groups is 1. The van der Waals surface area contributed by atoms with Crippen LogP contribution in [0.15, 0.2) is 17.1 Å². The van der Waals surface area contributed by atoms with Crippen LogP contribution in [0.25, 0.3) is 0 Å². The molecular formula is C20H28ClN2O8P. The molecule has 2 aliphatic heterocycles. The Morgan fingerprint density at radius 3 is 2.88 bits per heavy atom. The lowest BCUT2D eigenvalue weighted by atomic mass is 10.0. The Bertz CT molecular complexity index is 948. The molecule has 0 unspecified atom stereocenters. The van der Waals surface area contributed by atoms with E-state index in [9.17, 15) is 14.2 Å². The smallest absolute Gasteiger partial charge is 0.462 e. The monoisotopic (exact) mass is 490 g/mol. The highest BCUT2D eigenvalue weighted by Crippen LogP contribution is 2.60. The number of phosphoric acid groups is 1. The number of hydrogen-bond donors (Lipinski definition) is 0. The first-order valence-corrected chi connectivity index (χ1v) is 12.7. The van der Waals surface area contributed by atoms with E-state index in [1.807, 2.05) is 0 Å². The van der Waals surface area contributed by atoms with Gasteiger partial charge < -0.3 is 9.47 Å². The number of nitrogens with zero attached hydrogens (tertiary/aromatic N) is 2. The minimum Gasteiger partial charge on any atom is -0.462 e. The standard InChI is InChI=1S/C20H28ClN2O8P/c1-13-9-10-23(19(25)22-13)18-20(2,21)17-15(30-18)12-28-32(26,31-17)27-11-5-8-16(24)29-14-6-3-4-7-14/h9-10,14-15,17-18H,3-8,11-12H2,1-2H3/t15-,17-,18-,20-,32-/m1/s1.